The number of aliphatic hydroxyl groups is 1. The van der Waals surface area contributed by atoms with Gasteiger partial charge in [0.25, 0.3) is 11.7 Å². The van der Waals surface area contributed by atoms with E-state index in [-0.39, 0.29) is 16.9 Å². The number of benzene rings is 1. The quantitative estimate of drug-likeness (QED) is 0.423. The van der Waals surface area contributed by atoms with Gasteiger partial charge in [-0.15, -0.1) is 0 Å². The lowest BCUT2D eigenvalue weighted by Gasteiger charge is -2.29. The number of aryl methyl sites for hydroxylation is 1. The number of aliphatic hydroxyl groups excluding tert-OH is 1. The lowest BCUT2D eigenvalue weighted by molar-refractivity contribution is -0.140. The summed E-state index contributed by atoms with van der Waals surface area (Å²) in [6, 6.07) is 6.93. The highest BCUT2D eigenvalue weighted by Crippen LogP contribution is 2.39. The van der Waals surface area contributed by atoms with Gasteiger partial charge in [-0.25, -0.2) is 4.39 Å². The van der Waals surface area contributed by atoms with E-state index in [4.69, 9.17) is 4.74 Å². The first-order valence-corrected chi connectivity index (χ1v) is 10.7. The number of amides is 1. The van der Waals surface area contributed by atoms with E-state index in [1.807, 2.05) is 0 Å². The van der Waals surface area contributed by atoms with Gasteiger partial charge in [0.1, 0.15) is 11.6 Å². The second-order valence-corrected chi connectivity index (χ2v) is 8.04. The first-order valence-electron chi connectivity index (χ1n) is 10.7. The number of halogens is 1. The molecule has 1 N–H and O–H groups in total. The Balaban J connectivity index is 1.66. The maximum atomic E-state index is 14.1. The minimum absolute atomic E-state index is 0.0316. The van der Waals surface area contributed by atoms with Crippen LogP contribution < -0.4 is 0 Å². The average Bonchev–Trinajstić information content (AvgIpc) is 3.06. The van der Waals surface area contributed by atoms with Crippen molar-refractivity contribution >= 4 is 17.4 Å². The van der Waals surface area contributed by atoms with E-state index in [9.17, 15) is 19.1 Å². The Morgan fingerprint density at radius 1 is 1.16 bits per heavy atom. The highest BCUT2D eigenvalue weighted by Gasteiger charge is 2.45. The zero-order chi connectivity index (χ0) is 22.7. The fourth-order valence-corrected chi connectivity index (χ4v) is 4.19. The van der Waals surface area contributed by atoms with Crippen molar-refractivity contribution < 1.29 is 23.8 Å². The maximum absolute atomic E-state index is 14.1. The summed E-state index contributed by atoms with van der Waals surface area (Å²) in [7, 11) is 0. The SMILES string of the molecule is Cc1ccc(/C(O)=C2/C(=O)C(=O)N(CCCN3CCOCC3)C2c2ccncc2)cc1F. The number of morpholine rings is 1. The molecule has 7 nitrogen and oxygen atoms in total. The Labute approximate surface area is 186 Å². The van der Waals surface area contributed by atoms with Crippen LogP contribution in [0, 0.1) is 12.7 Å². The number of hydrogen-bond donors (Lipinski definition) is 1. The average molecular weight is 439 g/mol. The van der Waals surface area contributed by atoms with Crippen LogP contribution in [-0.2, 0) is 14.3 Å². The van der Waals surface area contributed by atoms with Gasteiger partial charge in [-0.05, 0) is 42.7 Å². The molecule has 3 heterocycles. The Hall–Kier alpha value is -3.10. The van der Waals surface area contributed by atoms with Crippen LogP contribution in [0.5, 0.6) is 0 Å². The van der Waals surface area contributed by atoms with Crippen molar-refractivity contribution in [1.82, 2.24) is 14.8 Å². The summed E-state index contributed by atoms with van der Waals surface area (Å²) in [5.74, 6) is -2.30. The molecule has 1 amide bonds. The second kappa shape index (κ2) is 9.58. The third-order valence-electron chi connectivity index (χ3n) is 5.98. The van der Waals surface area contributed by atoms with Crippen LogP contribution in [0.2, 0.25) is 0 Å². The Morgan fingerprint density at radius 3 is 2.56 bits per heavy atom. The molecule has 0 spiro atoms. The topological polar surface area (TPSA) is 83.0 Å². The molecule has 0 bridgehead atoms. The second-order valence-electron chi connectivity index (χ2n) is 8.04. The zero-order valence-electron chi connectivity index (χ0n) is 18.0. The van der Waals surface area contributed by atoms with Crippen LogP contribution in [-0.4, -0.2) is 71.0 Å². The van der Waals surface area contributed by atoms with E-state index in [0.717, 1.165) is 19.6 Å². The monoisotopic (exact) mass is 439 g/mol. The summed E-state index contributed by atoms with van der Waals surface area (Å²) in [5.41, 5.74) is 1.23. The van der Waals surface area contributed by atoms with Crippen LogP contribution in [0.25, 0.3) is 5.76 Å². The minimum Gasteiger partial charge on any atom is -0.507 e. The standard InChI is InChI=1S/C24H26FN3O4/c1-16-3-4-18(15-19(16)25)22(29)20-21(17-5-7-26-8-6-17)28(24(31)23(20)30)10-2-9-27-11-13-32-14-12-27/h3-8,15,21,29H,2,9-14H2,1H3/b22-20-. The summed E-state index contributed by atoms with van der Waals surface area (Å²) in [6.07, 6.45) is 3.83. The number of nitrogens with zero attached hydrogens (tertiary/aromatic N) is 3. The van der Waals surface area contributed by atoms with E-state index in [0.29, 0.717) is 37.3 Å². The number of Topliss-reactive ketones (excluding diaryl/α,β-unsaturated/α-hetero) is 1. The van der Waals surface area contributed by atoms with Crippen molar-refractivity contribution in [3.05, 3.63) is 70.8 Å². The van der Waals surface area contributed by atoms with Crippen molar-refractivity contribution in [2.75, 3.05) is 39.4 Å². The van der Waals surface area contributed by atoms with Crippen molar-refractivity contribution in [1.29, 1.82) is 0 Å². The first-order chi connectivity index (χ1) is 15.5. The predicted molar refractivity (Wildman–Crippen MR) is 116 cm³/mol. The molecule has 32 heavy (non-hydrogen) atoms. The molecule has 1 atom stereocenters. The molecule has 4 rings (SSSR count). The van der Waals surface area contributed by atoms with Crippen LogP contribution in [0.15, 0.2) is 48.3 Å². The molecular weight excluding hydrogens is 413 g/mol. The van der Waals surface area contributed by atoms with Gasteiger partial charge >= 0.3 is 0 Å². The fraction of sp³-hybridized carbons (Fsp3) is 0.375. The van der Waals surface area contributed by atoms with Crippen LogP contribution >= 0.6 is 0 Å². The molecule has 1 aromatic carbocycles. The first kappa shape index (κ1) is 22.1. The van der Waals surface area contributed by atoms with E-state index in [2.05, 4.69) is 9.88 Å². The van der Waals surface area contributed by atoms with E-state index in [1.54, 1.807) is 37.5 Å². The minimum atomic E-state index is -0.767. The van der Waals surface area contributed by atoms with Gasteiger partial charge in [0.05, 0.1) is 24.8 Å². The van der Waals surface area contributed by atoms with E-state index in [1.165, 1.54) is 17.0 Å². The third kappa shape index (κ3) is 4.42. The number of aromatic nitrogens is 1. The summed E-state index contributed by atoms with van der Waals surface area (Å²) >= 11 is 0. The molecule has 1 unspecified atom stereocenters. The van der Waals surface area contributed by atoms with Crippen molar-refractivity contribution in [2.24, 2.45) is 0 Å². The summed E-state index contributed by atoms with van der Waals surface area (Å²) in [5, 5.41) is 11.0. The molecule has 2 aliphatic rings. The highest BCUT2D eigenvalue weighted by molar-refractivity contribution is 6.46. The number of carbonyl (C=O) groups excluding carboxylic acids is 2. The summed E-state index contributed by atoms with van der Waals surface area (Å²) in [4.78, 5) is 33.7. The van der Waals surface area contributed by atoms with E-state index < -0.39 is 23.5 Å². The Morgan fingerprint density at radius 2 is 1.88 bits per heavy atom. The number of ether oxygens (including phenoxy) is 1. The van der Waals surface area contributed by atoms with Crippen molar-refractivity contribution in [3.63, 3.8) is 0 Å². The molecule has 0 aliphatic carbocycles. The lowest BCUT2D eigenvalue weighted by Crippen LogP contribution is -2.38. The van der Waals surface area contributed by atoms with Crippen LogP contribution in [0.4, 0.5) is 4.39 Å². The molecule has 2 aliphatic heterocycles. The Bertz CT molecular complexity index is 1030. The molecular formula is C24H26FN3O4. The Kier molecular flexibility index (Phi) is 6.62. The number of ketones is 1. The van der Waals surface area contributed by atoms with Gasteiger partial charge in [-0.1, -0.05) is 12.1 Å². The molecule has 1 aromatic heterocycles. The third-order valence-corrected chi connectivity index (χ3v) is 5.98. The fourth-order valence-electron chi connectivity index (χ4n) is 4.19. The number of pyridine rings is 1. The molecule has 8 heteroatoms. The van der Waals surface area contributed by atoms with Crippen LogP contribution in [0.3, 0.4) is 0 Å². The largest absolute Gasteiger partial charge is 0.507 e. The lowest BCUT2D eigenvalue weighted by atomic mass is 9.95. The molecule has 2 aromatic rings. The van der Waals surface area contributed by atoms with Gasteiger partial charge < -0.3 is 14.7 Å². The van der Waals surface area contributed by atoms with E-state index >= 15 is 0 Å². The van der Waals surface area contributed by atoms with Gasteiger partial charge in [-0.2, -0.15) is 0 Å². The molecule has 0 radical (unpaired) electrons. The molecule has 168 valence electrons. The number of likely N-dealkylation sites (tertiary alicyclic amines) is 1. The predicted octanol–water partition coefficient (Wildman–Crippen LogP) is 2.67. The number of carbonyl (C=O) groups is 2. The summed E-state index contributed by atoms with van der Waals surface area (Å²) < 4.78 is 19.5. The van der Waals surface area contributed by atoms with Crippen molar-refractivity contribution in [3.8, 4) is 0 Å². The van der Waals surface area contributed by atoms with Gasteiger partial charge in [0.2, 0.25) is 0 Å². The molecule has 2 fully saturated rings. The van der Waals surface area contributed by atoms with Gasteiger partial charge in [-0.3, -0.25) is 19.5 Å². The number of hydrogen-bond acceptors (Lipinski definition) is 6. The smallest absolute Gasteiger partial charge is 0.295 e. The summed E-state index contributed by atoms with van der Waals surface area (Å²) in [6.45, 7) is 5.80. The highest BCUT2D eigenvalue weighted by atomic mass is 19.1. The normalized spacial score (nSPS) is 21.3. The van der Waals surface area contributed by atoms with Crippen LogP contribution in [0.1, 0.15) is 29.2 Å². The molecule has 2 saturated heterocycles. The number of rotatable bonds is 6. The van der Waals surface area contributed by atoms with Gasteiger partial charge in [0.15, 0.2) is 0 Å². The zero-order valence-corrected chi connectivity index (χ0v) is 18.0. The van der Waals surface area contributed by atoms with Crippen molar-refractivity contribution in [2.45, 2.75) is 19.4 Å². The maximum Gasteiger partial charge on any atom is 0.295 e. The van der Waals surface area contributed by atoms with Gasteiger partial charge in [0, 0.05) is 44.1 Å². The molecule has 0 saturated carbocycles.